The van der Waals surface area contributed by atoms with Gasteiger partial charge in [-0.1, -0.05) is 30.3 Å². The van der Waals surface area contributed by atoms with Crippen LogP contribution in [0.5, 0.6) is 0 Å². The first kappa shape index (κ1) is 11.9. The first-order valence-corrected chi connectivity index (χ1v) is 6.69. The minimum absolute atomic E-state index is 0.248. The van der Waals surface area contributed by atoms with Gasteiger partial charge in [0.2, 0.25) is 0 Å². The van der Waals surface area contributed by atoms with Gasteiger partial charge < -0.3 is 9.90 Å². The van der Waals surface area contributed by atoms with Gasteiger partial charge in [0.25, 0.3) is 0 Å². The Bertz CT molecular complexity index is 743. The van der Waals surface area contributed by atoms with Crippen LogP contribution in [0.15, 0.2) is 36.4 Å². The molecule has 0 bridgehead atoms. The SMILES string of the molecule is Cc1nn(Cc2ccccc2)c2sc(C(=O)[O-])cc12. The van der Waals surface area contributed by atoms with E-state index in [2.05, 4.69) is 5.10 Å². The van der Waals surface area contributed by atoms with Crippen LogP contribution in [0.3, 0.4) is 0 Å². The molecule has 0 N–H and O–H groups in total. The van der Waals surface area contributed by atoms with Crippen LogP contribution >= 0.6 is 11.3 Å². The second-order valence-corrected chi connectivity index (χ2v) is 5.38. The first-order chi connectivity index (χ1) is 9.15. The zero-order chi connectivity index (χ0) is 13.4. The summed E-state index contributed by atoms with van der Waals surface area (Å²) in [6, 6.07) is 11.6. The highest BCUT2D eigenvalue weighted by Crippen LogP contribution is 2.28. The molecular formula is C14H11N2O2S-. The van der Waals surface area contributed by atoms with Crippen LogP contribution in [0.2, 0.25) is 0 Å². The van der Waals surface area contributed by atoms with E-state index in [1.807, 2.05) is 41.9 Å². The zero-order valence-electron chi connectivity index (χ0n) is 10.3. The van der Waals surface area contributed by atoms with E-state index >= 15 is 0 Å². The van der Waals surface area contributed by atoms with Gasteiger partial charge >= 0.3 is 0 Å². The lowest BCUT2D eigenvalue weighted by Gasteiger charge is -2.02. The van der Waals surface area contributed by atoms with Gasteiger partial charge in [0.15, 0.2) is 0 Å². The number of rotatable bonds is 3. The minimum atomic E-state index is -1.13. The van der Waals surface area contributed by atoms with E-state index in [0.717, 1.165) is 21.5 Å². The molecular weight excluding hydrogens is 260 g/mol. The molecule has 0 unspecified atom stereocenters. The first-order valence-electron chi connectivity index (χ1n) is 5.87. The third-order valence-corrected chi connectivity index (χ3v) is 4.11. The maximum absolute atomic E-state index is 10.9. The Morgan fingerprint density at radius 3 is 2.79 bits per heavy atom. The number of benzene rings is 1. The molecule has 19 heavy (non-hydrogen) atoms. The Kier molecular flexibility index (Phi) is 2.83. The van der Waals surface area contributed by atoms with Crippen molar-refractivity contribution in [1.29, 1.82) is 0 Å². The number of carboxylic acids is 1. The molecule has 5 heteroatoms. The summed E-state index contributed by atoms with van der Waals surface area (Å²) in [5.74, 6) is -1.13. The minimum Gasteiger partial charge on any atom is -0.544 e. The predicted molar refractivity (Wildman–Crippen MR) is 72.2 cm³/mol. The molecule has 3 aromatic rings. The summed E-state index contributed by atoms with van der Waals surface area (Å²) in [4.78, 5) is 12.0. The number of aryl methyl sites for hydroxylation is 1. The lowest BCUT2D eigenvalue weighted by Crippen LogP contribution is -2.20. The number of fused-ring (bicyclic) bond motifs is 1. The summed E-state index contributed by atoms with van der Waals surface area (Å²) in [7, 11) is 0. The summed E-state index contributed by atoms with van der Waals surface area (Å²) < 4.78 is 1.84. The van der Waals surface area contributed by atoms with Gasteiger partial charge in [-0.25, -0.2) is 0 Å². The number of hydrogen-bond acceptors (Lipinski definition) is 4. The maximum atomic E-state index is 10.9. The summed E-state index contributed by atoms with van der Waals surface area (Å²) in [5, 5.41) is 16.3. The number of aromatic carboxylic acids is 1. The predicted octanol–water partition coefficient (Wildman–Crippen LogP) is 1.82. The molecule has 0 spiro atoms. The Hall–Kier alpha value is -2.14. The molecule has 96 valence electrons. The molecule has 0 aliphatic rings. The molecule has 1 aromatic carbocycles. The summed E-state index contributed by atoms with van der Waals surface area (Å²) in [6.07, 6.45) is 0. The highest BCUT2D eigenvalue weighted by Gasteiger charge is 2.12. The molecule has 4 nitrogen and oxygen atoms in total. The van der Waals surface area contributed by atoms with E-state index in [1.165, 1.54) is 11.3 Å². The van der Waals surface area contributed by atoms with Gasteiger partial charge in [0.1, 0.15) is 4.83 Å². The van der Waals surface area contributed by atoms with Crippen molar-refractivity contribution in [2.45, 2.75) is 13.5 Å². The molecule has 0 aliphatic carbocycles. The van der Waals surface area contributed by atoms with E-state index in [1.54, 1.807) is 6.07 Å². The number of thiophene rings is 1. The van der Waals surface area contributed by atoms with Crippen molar-refractivity contribution in [2.24, 2.45) is 0 Å². The second-order valence-electron chi connectivity index (χ2n) is 4.35. The van der Waals surface area contributed by atoms with Crippen LogP contribution in [-0.4, -0.2) is 15.7 Å². The maximum Gasteiger partial charge on any atom is 0.122 e. The van der Waals surface area contributed by atoms with Gasteiger partial charge in [0.05, 0.1) is 23.1 Å². The summed E-state index contributed by atoms with van der Waals surface area (Å²) >= 11 is 1.21. The number of nitrogens with zero attached hydrogens (tertiary/aromatic N) is 2. The van der Waals surface area contributed by atoms with Gasteiger partial charge in [-0.3, -0.25) is 4.68 Å². The van der Waals surface area contributed by atoms with Crippen LogP contribution in [0.25, 0.3) is 10.2 Å². The third kappa shape index (κ3) is 2.13. The van der Waals surface area contributed by atoms with Crippen molar-refractivity contribution in [2.75, 3.05) is 0 Å². The Labute approximate surface area is 113 Å². The molecule has 0 radical (unpaired) electrons. The molecule has 0 atom stereocenters. The van der Waals surface area contributed by atoms with E-state index in [4.69, 9.17) is 0 Å². The van der Waals surface area contributed by atoms with E-state index < -0.39 is 5.97 Å². The average molecular weight is 271 g/mol. The smallest absolute Gasteiger partial charge is 0.122 e. The second kappa shape index (κ2) is 4.51. The highest BCUT2D eigenvalue weighted by molar-refractivity contribution is 7.20. The van der Waals surface area contributed by atoms with E-state index in [9.17, 15) is 9.90 Å². The largest absolute Gasteiger partial charge is 0.544 e. The molecule has 0 amide bonds. The van der Waals surface area contributed by atoms with Crippen molar-refractivity contribution in [1.82, 2.24) is 9.78 Å². The van der Waals surface area contributed by atoms with Crippen LogP contribution in [0.4, 0.5) is 0 Å². The average Bonchev–Trinajstić information content (AvgIpc) is 2.94. The molecule has 2 aromatic heterocycles. The normalized spacial score (nSPS) is 11.0. The highest BCUT2D eigenvalue weighted by atomic mass is 32.1. The molecule has 2 heterocycles. The van der Waals surface area contributed by atoms with E-state index in [-0.39, 0.29) is 4.88 Å². The number of carboxylic acid groups (broad SMARTS) is 1. The fraction of sp³-hybridized carbons (Fsp3) is 0.143. The Balaban J connectivity index is 2.06. The summed E-state index contributed by atoms with van der Waals surface area (Å²) in [5.41, 5.74) is 1.98. The van der Waals surface area contributed by atoms with E-state index in [0.29, 0.717) is 6.54 Å². The van der Waals surface area contributed by atoms with Crippen LogP contribution < -0.4 is 5.11 Å². The number of aromatic nitrogens is 2. The molecule has 0 fully saturated rings. The number of carbonyl (C=O) groups excluding carboxylic acids is 1. The van der Waals surface area contributed by atoms with Crippen molar-refractivity contribution in [3.8, 4) is 0 Å². The summed E-state index contributed by atoms with van der Waals surface area (Å²) in [6.45, 7) is 2.52. The van der Waals surface area contributed by atoms with Crippen molar-refractivity contribution < 1.29 is 9.90 Å². The monoisotopic (exact) mass is 271 g/mol. The molecule has 0 aliphatic heterocycles. The lowest BCUT2D eigenvalue weighted by atomic mass is 10.2. The molecule has 0 saturated heterocycles. The van der Waals surface area contributed by atoms with Crippen LogP contribution in [0, 0.1) is 6.92 Å². The lowest BCUT2D eigenvalue weighted by molar-refractivity contribution is -0.254. The van der Waals surface area contributed by atoms with Crippen molar-refractivity contribution in [3.05, 3.63) is 52.5 Å². The third-order valence-electron chi connectivity index (χ3n) is 2.98. The Morgan fingerprint density at radius 2 is 2.11 bits per heavy atom. The van der Waals surface area contributed by atoms with Crippen LogP contribution in [0.1, 0.15) is 20.9 Å². The van der Waals surface area contributed by atoms with Gasteiger partial charge in [-0.15, -0.1) is 11.3 Å². The molecule has 0 saturated carbocycles. The number of carbonyl (C=O) groups is 1. The van der Waals surface area contributed by atoms with Gasteiger partial charge in [-0.2, -0.15) is 5.10 Å². The topological polar surface area (TPSA) is 58.0 Å². The Morgan fingerprint density at radius 1 is 1.37 bits per heavy atom. The van der Waals surface area contributed by atoms with Crippen molar-refractivity contribution in [3.63, 3.8) is 0 Å². The zero-order valence-corrected chi connectivity index (χ0v) is 11.1. The van der Waals surface area contributed by atoms with Crippen LogP contribution in [-0.2, 0) is 6.54 Å². The molecule has 3 rings (SSSR count). The van der Waals surface area contributed by atoms with Gasteiger partial charge in [-0.05, 0) is 18.6 Å². The number of hydrogen-bond donors (Lipinski definition) is 0. The fourth-order valence-corrected chi connectivity index (χ4v) is 3.07. The van der Waals surface area contributed by atoms with Crippen molar-refractivity contribution >= 4 is 27.5 Å². The standard InChI is InChI=1S/C14H12N2O2S/c1-9-11-7-12(14(17)18)19-13(11)16(15-9)8-10-5-3-2-4-6-10/h2-7H,8H2,1H3,(H,17,18)/p-1. The quantitative estimate of drug-likeness (QED) is 0.730. The van der Waals surface area contributed by atoms with Gasteiger partial charge in [0, 0.05) is 5.39 Å². The fourth-order valence-electron chi connectivity index (χ4n) is 2.08.